The molecular formula is C24H17ClN2O3S2. The second-order valence-corrected chi connectivity index (χ2v) is 9.48. The van der Waals surface area contributed by atoms with Gasteiger partial charge in [0.1, 0.15) is 11.4 Å². The summed E-state index contributed by atoms with van der Waals surface area (Å²) in [6.45, 7) is 2.02. The van der Waals surface area contributed by atoms with Crippen LogP contribution in [0.3, 0.4) is 0 Å². The Balaban J connectivity index is 1.71. The number of carbonyl (C=O) groups excluding carboxylic acids is 2. The predicted molar refractivity (Wildman–Crippen MR) is 131 cm³/mol. The number of carbonyl (C=O) groups is 2. The Morgan fingerprint density at radius 1 is 1.00 bits per heavy atom. The monoisotopic (exact) mass is 480 g/mol. The maximum absolute atomic E-state index is 13.1. The second-order valence-electron chi connectivity index (χ2n) is 7.07. The normalized spacial score (nSPS) is 12.1. The molecule has 0 saturated carbocycles. The summed E-state index contributed by atoms with van der Waals surface area (Å²) >= 11 is 9.19. The van der Waals surface area contributed by atoms with E-state index in [1.54, 1.807) is 11.5 Å². The Hall–Kier alpha value is -3.00. The van der Waals surface area contributed by atoms with Gasteiger partial charge < -0.3 is 9.30 Å². The minimum absolute atomic E-state index is 0.0293. The Morgan fingerprint density at radius 2 is 1.75 bits per heavy atom. The van der Waals surface area contributed by atoms with E-state index in [-0.39, 0.29) is 19.1 Å². The second kappa shape index (κ2) is 8.50. The highest BCUT2D eigenvalue weighted by Crippen LogP contribution is 2.35. The highest BCUT2D eigenvalue weighted by Gasteiger charge is 2.18. The molecule has 160 valence electrons. The summed E-state index contributed by atoms with van der Waals surface area (Å²) in [7, 11) is 0. The van der Waals surface area contributed by atoms with E-state index in [1.165, 1.54) is 22.7 Å². The van der Waals surface area contributed by atoms with E-state index < -0.39 is 5.91 Å². The van der Waals surface area contributed by atoms with E-state index in [9.17, 15) is 9.59 Å². The lowest BCUT2D eigenvalue weighted by Gasteiger charge is -2.06. The van der Waals surface area contributed by atoms with Gasteiger partial charge in [0, 0.05) is 15.5 Å². The van der Waals surface area contributed by atoms with Crippen molar-refractivity contribution in [3.05, 3.63) is 75.4 Å². The fourth-order valence-corrected chi connectivity index (χ4v) is 6.22. The maximum atomic E-state index is 13.1. The SMILES string of the molecule is CCOC(=O)Cn1c(=NC(=O)c2sc3ccccc3c2Cl)sc2c3ccccc3ccc21. The summed E-state index contributed by atoms with van der Waals surface area (Å²) in [5.74, 6) is -0.807. The van der Waals surface area contributed by atoms with E-state index in [4.69, 9.17) is 16.3 Å². The molecule has 32 heavy (non-hydrogen) atoms. The number of hydrogen-bond donors (Lipinski definition) is 0. The number of fused-ring (bicyclic) bond motifs is 4. The molecule has 3 aromatic carbocycles. The molecule has 0 atom stereocenters. The number of ether oxygens (including phenoxy) is 1. The molecule has 2 heterocycles. The molecule has 0 fully saturated rings. The van der Waals surface area contributed by atoms with Crippen LogP contribution in [0.4, 0.5) is 0 Å². The molecule has 2 aromatic heterocycles. The minimum atomic E-state index is -0.426. The average Bonchev–Trinajstić information content (AvgIpc) is 3.32. The number of amides is 1. The molecule has 0 aliphatic rings. The van der Waals surface area contributed by atoms with Crippen LogP contribution in [0.2, 0.25) is 5.02 Å². The molecule has 8 heteroatoms. The largest absolute Gasteiger partial charge is 0.465 e. The van der Waals surface area contributed by atoms with E-state index in [1.807, 2.05) is 60.7 Å². The van der Waals surface area contributed by atoms with Crippen molar-refractivity contribution in [1.82, 2.24) is 4.57 Å². The third kappa shape index (κ3) is 3.62. The molecular weight excluding hydrogens is 464 g/mol. The van der Waals surface area contributed by atoms with Gasteiger partial charge >= 0.3 is 5.97 Å². The van der Waals surface area contributed by atoms with E-state index in [0.717, 1.165) is 31.1 Å². The summed E-state index contributed by atoms with van der Waals surface area (Å²) in [5, 5.41) is 3.36. The third-order valence-corrected chi connectivity index (χ3v) is 7.88. The highest BCUT2D eigenvalue weighted by atomic mass is 35.5. The summed E-state index contributed by atoms with van der Waals surface area (Å²) < 4.78 is 8.78. The number of nitrogens with zero attached hydrogens (tertiary/aromatic N) is 2. The predicted octanol–water partition coefficient (Wildman–Crippen LogP) is 6.03. The molecule has 1 amide bonds. The van der Waals surface area contributed by atoms with Gasteiger partial charge in [0.15, 0.2) is 4.80 Å². The first-order valence-corrected chi connectivity index (χ1v) is 12.0. The Morgan fingerprint density at radius 3 is 2.53 bits per heavy atom. The number of hydrogen-bond acceptors (Lipinski definition) is 5. The van der Waals surface area contributed by atoms with Crippen LogP contribution in [0.1, 0.15) is 16.6 Å². The van der Waals surface area contributed by atoms with Crippen LogP contribution < -0.4 is 4.80 Å². The number of esters is 1. The van der Waals surface area contributed by atoms with Gasteiger partial charge in [-0.25, -0.2) is 0 Å². The van der Waals surface area contributed by atoms with Gasteiger partial charge in [0.25, 0.3) is 5.91 Å². The molecule has 0 spiro atoms. The Kier molecular flexibility index (Phi) is 5.55. The number of thiophene rings is 1. The zero-order valence-electron chi connectivity index (χ0n) is 17.0. The van der Waals surface area contributed by atoms with Crippen molar-refractivity contribution < 1.29 is 14.3 Å². The van der Waals surface area contributed by atoms with E-state index >= 15 is 0 Å². The van der Waals surface area contributed by atoms with Crippen molar-refractivity contribution in [3.8, 4) is 0 Å². The number of benzene rings is 3. The molecule has 0 saturated heterocycles. The smallest absolute Gasteiger partial charge is 0.326 e. The van der Waals surface area contributed by atoms with Gasteiger partial charge in [-0.05, 0) is 24.4 Å². The van der Waals surface area contributed by atoms with Crippen molar-refractivity contribution in [2.45, 2.75) is 13.5 Å². The fourth-order valence-electron chi connectivity index (χ4n) is 3.66. The minimum Gasteiger partial charge on any atom is -0.465 e. The summed E-state index contributed by atoms with van der Waals surface area (Å²) in [4.78, 5) is 30.7. The maximum Gasteiger partial charge on any atom is 0.326 e. The van der Waals surface area contributed by atoms with Crippen LogP contribution in [0, 0.1) is 0 Å². The van der Waals surface area contributed by atoms with Crippen LogP contribution in [0.5, 0.6) is 0 Å². The van der Waals surface area contributed by atoms with Gasteiger partial charge in [-0.3, -0.25) is 9.59 Å². The number of aromatic nitrogens is 1. The van der Waals surface area contributed by atoms with Gasteiger partial charge in [0.2, 0.25) is 0 Å². The quantitative estimate of drug-likeness (QED) is 0.295. The van der Waals surface area contributed by atoms with Crippen molar-refractivity contribution in [1.29, 1.82) is 0 Å². The Bertz CT molecular complexity index is 1580. The van der Waals surface area contributed by atoms with Crippen molar-refractivity contribution >= 4 is 77.2 Å². The van der Waals surface area contributed by atoms with Crippen LogP contribution in [-0.4, -0.2) is 23.1 Å². The number of rotatable bonds is 4. The third-order valence-electron chi connectivity index (χ3n) is 5.09. The molecule has 0 aliphatic carbocycles. The van der Waals surface area contributed by atoms with Crippen LogP contribution in [-0.2, 0) is 16.1 Å². The lowest BCUT2D eigenvalue weighted by molar-refractivity contribution is -0.143. The van der Waals surface area contributed by atoms with E-state index in [0.29, 0.717) is 14.7 Å². The fraction of sp³-hybridized carbons (Fsp3) is 0.125. The van der Waals surface area contributed by atoms with E-state index in [2.05, 4.69) is 4.99 Å². The van der Waals surface area contributed by atoms with Crippen LogP contribution in [0.15, 0.2) is 65.7 Å². The molecule has 0 N–H and O–H groups in total. The first-order valence-electron chi connectivity index (χ1n) is 9.99. The highest BCUT2D eigenvalue weighted by molar-refractivity contribution is 7.21. The molecule has 0 unspecified atom stereocenters. The molecule has 5 aromatic rings. The Labute approximate surface area is 196 Å². The van der Waals surface area contributed by atoms with Gasteiger partial charge in [-0.1, -0.05) is 71.5 Å². The van der Waals surface area contributed by atoms with Gasteiger partial charge in [0.05, 0.1) is 21.8 Å². The number of thiazole rings is 1. The average molecular weight is 481 g/mol. The standard InChI is InChI=1S/C24H17ClN2O3S2/c1-2-30-19(28)13-27-17-12-11-14-7-3-4-8-15(14)21(17)32-24(27)26-23(29)22-20(25)16-9-5-6-10-18(16)31-22/h3-12H,2,13H2,1H3. The first-order chi connectivity index (χ1) is 15.6. The van der Waals surface area contributed by atoms with Crippen molar-refractivity contribution in [3.63, 3.8) is 0 Å². The summed E-state index contributed by atoms with van der Waals surface area (Å²) in [5.41, 5.74) is 0.829. The molecule has 0 bridgehead atoms. The van der Waals surface area contributed by atoms with Gasteiger partial charge in [-0.2, -0.15) is 4.99 Å². The first kappa shape index (κ1) is 20.9. The zero-order valence-corrected chi connectivity index (χ0v) is 19.4. The summed E-state index contributed by atoms with van der Waals surface area (Å²) in [6, 6.07) is 19.6. The molecule has 5 nitrogen and oxygen atoms in total. The van der Waals surface area contributed by atoms with Crippen molar-refractivity contribution in [2.24, 2.45) is 4.99 Å². The molecule has 0 aliphatic heterocycles. The zero-order chi connectivity index (χ0) is 22.2. The van der Waals surface area contributed by atoms with Crippen LogP contribution in [0.25, 0.3) is 31.1 Å². The topological polar surface area (TPSA) is 60.7 Å². The van der Waals surface area contributed by atoms with Gasteiger partial charge in [-0.15, -0.1) is 11.3 Å². The number of halogens is 1. The molecule has 0 radical (unpaired) electrons. The lowest BCUT2D eigenvalue weighted by atomic mass is 10.1. The molecule has 5 rings (SSSR count). The van der Waals surface area contributed by atoms with Crippen LogP contribution >= 0.6 is 34.3 Å². The lowest BCUT2D eigenvalue weighted by Crippen LogP contribution is -2.23. The van der Waals surface area contributed by atoms with Crippen molar-refractivity contribution in [2.75, 3.05) is 6.61 Å². The summed E-state index contributed by atoms with van der Waals surface area (Å²) in [6.07, 6.45) is 0.